The van der Waals surface area contributed by atoms with E-state index in [1.54, 1.807) is 6.08 Å². The Bertz CT molecular complexity index is 602. The van der Waals surface area contributed by atoms with Gasteiger partial charge in [-0.05, 0) is 37.3 Å². The molecule has 0 aromatic heterocycles. The van der Waals surface area contributed by atoms with Crippen molar-refractivity contribution in [1.29, 1.82) is 0 Å². The second-order valence-electron chi connectivity index (χ2n) is 6.53. The third-order valence-electron chi connectivity index (χ3n) is 4.65. The van der Waals surface area contributed by atoms with Gasteiger partial charge < -0.3 is 9.80 Å². The van der Waals surface area contributed by atoms with Crippen LogP contribution in [0.1, 0.15) is 31.2 Å². The number of unbranched alkanes of at least 4 members (excludes halogenated alkanes) is 1. The first kappa shape index (κ1) is 19.0. The molecule has 1 aliphatic rings. The number of piperidine rings is 1. The molecule has 2 rings (SSSR count). The van der Waals surface area contributed by atoms with Gasteiger partial charge in [0, 0.05) is 38.7 Å². The Hall–Kier alpha value is -2.36. The molecule has 1 saturated heterocycles. The summed E-state index contributed by atoms with van der Waals surface area (Å²) in [6.07, 6.45) is 8.72. The maximum atomic E-state index is 12.5. The Labute approximate surface area is 150 Å². The number of carbonyl (C=O) groups is 2. The fourth-order valence-corrected chi connectivity index (χ4v) is 3.08. The third-order valence-corrected chi connectivity index (χ3v) is 4.65. The summed E-state index contributed by atoms with van der Waals surface area (Å²) < 4.78 is 0. The lowest BCUT2D eigenvalue weighted by Gasteiger charge is -2.32. The van der Waals surface area contributed by atoms with Gasteiger partial charge in [0.15, 0.2) is 0 Å². The van der Waals surface area contributed by atoms with Crippen molar-refractivity contribution in [3.05, 3.63) is 54.6 Å². The molecule has 1 heterocycles. The topological polar surface area (TPSA) is 40.6 Å². The van der Waals surface area contributed by atoms with Crippen molar-refractivity contribution in [3.63, 3.8) is 0 Å². The molecule has 4 nitrogen and oxygen atoms in total. The van der Waals surface area contributed by atoms with Gasteiger partial charge in [-0.3, -0.25) is 9.59 Å². The summed E-state index contributed by atoms with van der Waals surface area (Å²) in [6.45, 7) is 5.77. The molecule has 0 bridgehead atoms. The largest absolute Gasteiger partial charge is 0.346 e. The minimum Gasteiger partial charge on any atom is -0.346 e. The summed E-state index contributed by atoms with van der Waals surface area (Å²) >= 11 is 0. The molecule has 1 aliphatic heterocycles. The maximum absolute atomic E-state index is 12.5. The highest BCUT2D eigenvalue weighted by atomic mass is 16.2. The zero-order valence-electron chi connectivity index (χ0n) is 15.1. The van der Waals surface area contributed by atoms with E-state index >= 15 is 0 Å². The molecule has 0 N–H and O–H groups in total. The summed E-state index contributed by atoms with van der Waals surface area (Å²) in [5, 5.41) is 0. The van der Waals surface area contributed by atoms with Crippen molar-refractivity contribution in [2.45, 2.75) is 25.7 Å². The molecule has 2 amide bonds. The van der Waals surface area contributed by atoms with Crippen molar-refractivity contribution >= 4 is 17.9 Å². The van der Waals surface area contributed by atoms with Crippen molar-refractivity contribution in [1.82, 2.24) is 9.80 Å². The Morgan fingerprint density at radius 3 is 2.56 bits per heavy atom. The fourth-order valence-electron chi connectivity index (χ4n) is 3.08. The number of benzene rings is 1. The monoisotopic (exact) mass is 340 g/mol. The molecule has 134 valence electrons. The van der Waals surface area contributed by atoms with E-state index in [2.05, 4.69) is 6.58 Å². The number of hydrogen-bond donors (Lipinski definition) is 0. The zero-order valence-corrected chi connectivity index (χ0v) is 15.1. The standard InChI is InChI=1S/C21H28N2O2/c1-3-4-8-15-22(2)21(25)19-13-16-23(17-14-19)20(24)12-11-18-9-6-5-7-10-18/h3,5-7,9-12,19H,1,4,8,13-17H2,2H3/b12-11+. The smallest absolute Gasteiger partial charge is 0.246 e. The number of nitrogens with zero attached hydrogens (tertiary/aromatic N) is 2. The average molecular weight is 340 g/mol. The lowest BCUT2D eigenvalue weighted by Crippen LogP contribution is -2.43. The second-order valence-corrected chi connectivity index (χ2v) is 6.53. The van der Waals surface area contributed by atoms with Gasteiger partial charge in [0.25, 0.3) is 0 Å². The van der Waals surface area contributed by atoms with Crippen molar-refractivity contribution in [2.24, 2.45) is 5.92 Å². The van der Waals surface area contributed by atoms with Crippen LogP contribution < -0.4 is 0 Å². The van der Waals surface area contributed by atoms with Crippen LogP contribution in [0.3, 0.4) is 0 Å². The Morgan fingerprint density at radius 2 is 1.92 bits per heavy atom. The lowest BCUT2D eigenvalue weighted by molar-refractivity contribution is -0.138. The molecule has 1 fully saturated rings. The molecule has 0 unspecified atom stereocenters. The molecule has 0 saturated carbocycles. The quantitative estimate of drug-likeness (QED) is 0.434. The molecular weight excluding hydrogens is 312 g/mol. The first-order chi connectivity index (χ1) is 12.1. The van der Waals surface area contributed by atoms with Gasteiger partial charge >= 0.3 is 0 Å². The lowest BCUT2D eigenvalue weighted by atomic mass is 9.95. The molecule has 1 aromatic carbocycles. The van der Waals surface area contributed by atoms with Crippen LogP contribution in [0.5, 0.6) is 0 Å². The SMILES string of the molecule is C=CCCCN(C)C(=O)C1CCN(C(=O)/C=C/c2ccccc2)CC1. The van der Waals surface area contributed by atoms with Gasteiger partial charge in [-0.15, -0.1) is 6.58 Å². The van der Waals surface area contributed by atoms with Crippen LogP contribution in [0.15, 0.2) is 49.1 Å². The van der Waals surface area contributed by atoms with Gasteiger partial charge in [-0.2, -0.15) is 0 Å². The van der Waals surface area contributed by atoms with Gasteiger partial charge in [0.2, 0.25) is 11.8 Å². The van der Waals surface area contributed by atoms with E-state index in [1.165, 1.54) is 0 Å². The number of hydrogen-bond acceptors (Lipinski definition) is 2. The van der Waals surface area contributed by atoms with E-state index in [1.807, 2.05) is 59.3 Å². The van der Waals surface area contributed by atoms with Crippen LogP contribution in [0.2, 0.25) is 0 Å². The van der Waals surface area contributed by atoms with Crippen LogP contribution in [0, 0.1) is 5.92 Å². The van der Waals surface area contributed by atoms with Gasteiger partial charge in [-0.1, -0.05) is 36.4 Å². The van der Waals surface area contributed by atoms with Gasteiger partial charge in [0.05, 0.1) is 0 Å². The molecule has 0 atom stereocenters. The number of rotatable bonds is 7. The number of amides is 2. The van der Waals surface area contributed by atoms with Crippen LogP contribution in [0.4, 0.5) is 0 Å². The van der Waals surface area contributed by atoms with E-state index in [4.69, 9.17) is 0 Å². The molecule has 0 radical (unpaired) electrons. The van der Waals surface area contributed by atoms with Crippen LogP contribution >= 0.6 is 0 Å². The van der Waals surface area contributed by atoms with E-state index < -0.39 is 0 Å². The predicted octanol–water partition coefficient (Wildman–Crippen LogP) is 3.36. The average Bonchev–Trinajstić information content (AvgIpc) is 2.66. The Kier molecular flexibility index (Phi) is 7.45. The minimum absolute atomic E-state index is 0.0223. The van der Waals surface area contributed by atoms with Crippen LogP contribution in [-0.2, 0) is 9.59 Å². The second kappa shape index (κ2) is 9.82. The van der Waals surface area contributed by atoms with E-state index in [-0.39, 0.29) is 17.7 Å². The first-order valence-electron chi connectivity index (χ1n) is 8.99. The van der Waals surface area contributed by atoms with Crippen LogP contribution in [-0.4, -0.2) is 48.3 Å². The molecule has 0 aliphatic carbocycles. The fraction of sp³-hybridized carbons (Fsp3) is 0.429. The van der Waals surface area contributed by atoms with E-state index in [0.717, 1.165) is 37.8 Å². The number of allylic oxidation sites excluding steroid dienone is 1. The normalized spacial score (nSPS) is 15.3. The first-order valence-corrected chi connectivity index (χ1v) is 8.99. The Morgan fingerprint density at radius 1 is 1.24 bits per heavy atom. The number of likely N-dealkylation sites (tertiary alicyclic amines) is 1. The molecular formula is C21H28N2O2. The summed E-state index contributed by atoms with van der Waals surface area (Å²) in [6, 6.07) is 9.79. The molecule has 4 heteroatoms. The van der Waals surface area contributed by atoms with Crippen LogP contribution in [0.25, 0.3) is 6.08 Å². The maximum Gasteiger partial charge on any atom is 0.246 e. The summed E-state index contributed by atoms with van der Waals surface area (Å²) in [5.74, 6) is 0.265. The highest BCUT2D eigenvalue weighted by molar-refractivity contribution is 5.92. The predicted molar refractivity (Wildman–Crippen MR) is 102 cm³/mol. The zero-order chi connectivity index (χ0) is 18.1. The summed E-state index contributed by atoms with van der Waals surface area (Å²) in [7, 11) is 1.87. The Balaban J connectivity index is 1.78. The number of carbonyl (C=O) groups excluding carboxylic acids is 2. The van der Waals surface area contributed by atoms with E-state index in [9.17, 15) is 9.59 Å². The van der Waals surface area contributed by atoms with E-state index in [0.29, 0.717) is 13.1 Å². The molecule has 25 heavy (non-hydrogen) atoms. The van der Waals surface area contributed by atoms with Crippen molar-refractivity contribution < 1.29 is 9.59 Å². The third kappa shape index (κ3) is 5.89. The van der Waals surface area contributed by atoms with Gasteiger partial charge in [-0.25, -0.2) is 0 Å². The summed E-state index contributed by atoms with van der Waals surface area (Å²) in [5.41, 5.74) is 1.02. The van der Waals surface area contributed by atoms with Crippen molar-refractivity contribution in [3.8, 4) is 0 Å². The molecule has 0 spiro atoms. The minimum atomic E-state index is 0.0223. The molecule has 1 aromatic rings. The highest BCUT2D eigenvalue weighted by Crippen LogP contribution is 2.20. The van der Waals surface area contributed by atoms with Gasteiger partial charge in [0.1, 0.15) is 0 Å². The highest BCUT2D eigenvalue weighted by Gasteiger charge is 2.28. The summed E-state index contributed by atoms with van der Waals surface area (Å²) in [4.78, 5) is 28.4. The van der Waals surface area contributed by atoms with Crippen molar-refractivity contribution in [2.75, 3.05) is 26.7 Å².